The molecule has 1 saturated heterocycles. The molecule has 0 bridgehead atoms. The summed E-state index contributed by atoms with van der Waals surface area (Å²) in [5, 5.41) is 9.73. The molecule has 6 heteroatoms. The van der Waals surface area contributed by atoms with Crippen molar-refractivity contribution in [3.05, 3.63) is 17.2 Å². The van der Waals surface area contributed by atoms with E-state index in [4.69, 9.17) is 26.6 Å². The van der Waals surface area contributed by atoms with E-state index >= 15 is 0 Å². The molecule has 0 saturated carbocycles. The zero-order valence-corrected chi connectivity index (χ0v) is 11.7. The zero-order chi connectivity index (χ0) is 13.7. The van der Waals surface area contributed by atoms with Gasteiger partial charge in [-0.25, -0.2) is 0 Å². The smallest absolute Gasteiger partial charge is 0.494 e. The molecule has 0 atom stereocenters. The van der Waals surface area contributed by atoms with Gasteiger partial charge >= 0.3 is 7.12 Å². The lowest BCUT2D eigenvalue weighted by molar-refractivity contribution is 0.00578. The largest absolute Gasteiger partial charge is 0.504 e. The van der Waals surface area contributed by atoms with Crippen LogP contribution in [0.2, 0.25) is 5.02 Å². The van der Waals surface area contributed by atoms with E-state index in [0.29, 0.717) is 5.46 Å². The van der Waals surface area contributed by atoms with Crippen molar-refractivity contribution in [2.24, 2.45) is 0 Å². The first-order valence-electron chi connectivity index (χ1n) is 5.77. The van der Waals surface area contributed by atoms with Crippen molar-refractivity contribution in [3.8, 4) is 5.75 Å². The first-order valence-corrected chi connectivity index (χ1v) is 6.15. The number of phenols is 1. The average molecular weight is 270 g/mol. The van der Waals surface area contributed by atoms with Crippen LogP contribution >= 0.6 is 11.6 Å². The fourth-order valence-corrected chi connectivity index (χ4v) is 1.99. The van der Waals surface area contributed by atoms with Gasteiger partial charge < -0.3 is 20.1 Å². The summed E-state index contributed by atoms with van der Waals surface area (Å²) < 4.78 is 11.8. The van der Waals surface area contributed by atoms with E-state index in [1.54, 1.807) is 12.1 Å². The molecule has 3 N–H and O–H groups in total. The molecule has 0 amide bonds. The molecule has 0 unspecified atom stereocenters. The third-order valence-electron chi connectivity index (χ3n) is 3.64. The molecule has 18 heavy (non-hydrogen) atoms. The number of hydrogen-bond acceptors (Lipinski definition) is 4. The molecular weight excluding hydrogens is 252 g/mol. The second kappa shape index (κ2) is 4.05. The number of nitrogen functional groups attached to an aromatic ring is 1. The third-order valence-corrected chi connectivity index (χ3v) is 3.93. The Morgan fingerprint density at radius 2 is 1.67 bits per heavy atom. The maximum atomic E-state index is 9.54. The van der Waals surface area contributed by atoms with Gasteiger partial charge in [0.1, 0.15) is 0 Å². The molecule has 0 aliphatic carbocycles. The van der Waals surface area contributed by atoms with E-state index in [1.165, 1.54) is 0 Å². The van der Waals surface area contributed by atoms with Crippen LogP contribution in [-0.2, 0) is 9.31 Å². The topological polar surface area (TPSA) is 64.7 Å². The molecule has 1 aliphatic rings. The number of aromatic hydroxyl groups is 1. The predicted molar refractivity (Wildman–Crippen MR) is 73.2 cm³/mol. The van der Waals surface area contributed by atoms with E-state index in [-0.39, 0.29) is 16.5 Å². The minimum absolute atomic E-state index is 0.114. The molecule has 1 aromatic carbocycles. The summed E-state index contributed by atoms with van der Waals surface area (Å²) in [5.74, 6) is -0.114. The quantitative estimate of drug-likeness (QED) is 0.464. The molecule has 4 nitrogen and oxygen atoms in total. The van der Waals surface area contributed by atoms with Gasteiger partial charge in [0.2, 0.25) is 0 Å². The van der Waals surface area contributed by atoms with Gasteiger partial charge in [-0.2, -0.15) is 0 Å². The number of hydrogen-bond donors (Lipinski definition) is 2. The van der Waals surface area contributed by atoms with Crippen LogP contribution in [0.15, 0.2) is 12.1 Å². The van der Waals surface area contributed by atoms with Crippen molar-refractivity contribution in [2.45, 2.75) is 38.9 Å². The van der Waals surface area contributed by atoms with Crippen LogP contribution in [0, 0.1) is 0 Å². The fraction of sp³-hybridized carbons (Fsp3) is 0.500. The van der Waals surface area contributed by atoms with Gasteiger partial charge in [0.25, 0.3) is 0 Å². The first-order chi connectivity index (χ1) is 8.14. The average Bonchev–Trinajstić information content (AvgIpc) is 2.44. The Kier molecular flexibility index (Phi) is 3.04. The molecule has 1 heterocycles. The lowest BCUT2D eigenvalue weighted by Gasteiger charge is -2.32. The Bertz CT molecular complexity index is 451. The molecule has 1 aromatic rings. The second-order valence-electron chi connectivity index (χ2n) is 5.53. The number of anilines is 1. The summed E-state index contributed by atoms with van der Waals surface area (Å²) in [5.41, 5.74) is 5.76. The van der Waals surface area contributed by atoms with E-state index in [2.05, 4.69) is 0 Å². The maximum absolute atomic E-state index is 9.54. The highest BCUT2D eigenvalue weighted by Crippen LogP contribution is 2.37. The Morgan fingerprint density at radius 1 is 1.17 bits per heavy atom. The van der Waals surface area contributed by atoms with Crippen LogP contribution in [0.5, 0.6) is 5.75 Å². The van der Waals surface area contributed by atoms with E-state index in [0.717, 1.165) is 0 Å². The SMILES string of the molecule is CC1(C)OB(c2cc(N)c(O)c(Cl)c2)OC1(C)C. The Labute approximate surface area is 112 Å². The molecule has 0 aromatic heterocycles. The van der Waals surface area contributed by atoms with Gasteiger partial charge in [0, 0.05) is 0 Å². The summed E-state index contributed by atoms with van der Waals surface area (Å²) >= 11 is 5.90. The number of rotatable bonds is 1. The Balaban J connectivity index is 2.36. The molecular formula is C12H17BClNO3. The van der Waals surface area contributed by atoms with Gasteiger partial charge in [-0.3, -0.25) is 0 Å². The van der Waals surface area contributed by atoms with Gasteiger partial charge in [-0.05, 0) is 45.3 Å². The molecule has 0 spiro atoms. The summed E-state index contributed by atoms with van der Waals surface area (Å²) in [6, 6.07) is 3.22. The molecule has 98 valence electrons. The number of benzene rings is 1. The van der Waals surface area contributed by atoms with Gasteiger partial charge in [-0.1, -0.05) is 11.6 Å². The number of halogens is 1. The minimum atomic E-state index is -0.532. The van der Waals surface area contributed by atoms with Crippen LogP contribution in [0.3, 0.4) is 0 Å². The van der Waals surface area contributed by atoms with Crippen molar-refractivity contribution in [1.82, 2.24) is 0 Å². The Morgan fingerprint density at radius 3 is 2.11 bits per heavy atom. The van der Waals surface area contributed by atoms with Crippen molar-refractivity contribution in [2.75, 3.05) is 5.73 Å². The minimum Gasteiger partial charge on any atom is -0.504 e. The normalized spacial score (nSPS) is 21.3. The first kappa shape index (κ1) is 13.5. The highest BCUT2D eigenvalue weighted by atomic mass is 35.5. The monoisotopic (exact) mass is 269 g/mol. The summed E-state index contributed by atoms with van der Waals surface area (Å²) in [7, 11) is -0.532. The number of phenolic OH excluding ortho intramolecular Hbond substituents is 1. The van der Waals surface area contributed by atoms with Gasteiger partial charge in [0.05, 0.1) is 21.9 Å². The molecule has 2 rings (SSSR count). The van der Waals surface area contributed by atoms with Crippen molar-refractivity contribution in [3.63, 3.8) is 0 Å². The lowest BCUT2D eigenvalue weighted by atomic mass is 9.79. The van der Waals surface area contributed by atoms with Crippen LogP contribution in [-0.4, -0.2) is 23.4 Å². The van der Waals surface area contributed by atoms with E-state index in [9.17, 15) is 5.11 Å². The highest BCUT2D eigenvalue weighted by Gasteiger charge is 2.51. The van der Waals surface area contributed by atoms with Crippen molar-refractivity contribution in [1.29, 1.82) is 0 Å². The van der Waals surface area contributed by atoms with Crippen molar-refractivity contribution < 1.29 is 14.4 Å². The summed E-state index contributed by atoms with van der Waals surface area (Å²) in [6.45, 7) is 7.88. The van der Waals surface area contributed by atoms with Gasteiger partial charge in [-0.15, -0.1) is 0 Å². The molecule has 1 aliphatic heterocycles. The van der Waals surface area contributed by atoms with Crippen LogP contribution < -0.4 is 11.2 Å². The maximum Gasteiger partial charge on any atom is 0.494 e. The highest BCUT2D eigenvalue weighted by molar-refractivity contribution is 6.62. The standard InChI is InChI=1S/C12H17BClNO3/c1-11(2)12(3,4)18-13(17-11)7-5-8(14)10(16)9(15)6-7/h5-6,16H,15H2,1-4H3. The van der Waals surface area contributed by atoms with Gasteiger partial charge in [0.15, 0.2) is 5.75 Å². The third kappa shape index (κ3) is 2.07. The van der Waals surface area contributed by atoms with E-state index < -0.39 is 18.3 Å². The summed E-state index contributed by atoms with van der Waals surface area (Å²) in [6.07, 6.45) is 0. The lowest BCUT2D eigenvalue weighted by Crippen LogP contribution is -2.41. The zero-order valence-electron chi connectivity index (χ0n) is 11.0. The van der Waals surface area contributed by atoms with Crippen LogP contribution in [0.1, 0.15) is 27.7 Å². The molecule has 0 radical (unpaired) electrons. The molecule has 1 fully saturated rings. The van der Waals surface area contributed by atoms with Crippen molar-refractivity contribution >= 4 is 29.9 Å². The van der Waals surface area contributed by atoms with Crippen LogP contribution in [0.25, 0.3) is 0 Å². The van der Waals surface area contributed by atoms with E-state index in [1.807, 2.05) is 27.7 Å². The van der Waals surface area contributed by atoms with Crippen LogP contribution in [0.4, 0.5) is 5.69 Å². The summed E-state index contributed by atoms with van der Waals surface area (Å²) in [4.78, 5) is 0. The second-order valence-corrected chi connectivity index (χ2v) is 5.94. The fourth-order valence-electron chi connectivity index (χ4n) is 1.76. The Hall–Kier alpha value is -0.905. The number of nitrogens with two attached hydrogens (primary N) is 1. The predicted octanol–water partition coefficient (Wildman–Crippen LogP) is 1.93.